The van der Waals surface area contributed by atoms with Crippen LogP contribution in [-0.2, 0) is 10.2 Å². The Bertz CT molecular complexity index is 1650. The lowest BCUT2D eigenvalue weighted by Crippen LogP contribution is -2.51. The molecule has 2 aromatic heterocycles. The van der Waals surface area contributed by atoms with Crippen molar-refractivity contribution in [3.8, 4) is 0 Å². The quantitative estimate of drug-likeness (QED) is 0.367. The number of para-hydroxylation sites is 2. The van der Waals surface area contributed by atoms with E-state index in [4.69, 9.17) is 0 Å². The Morgan fingerprint density at radius 2 is 1.74 bits per heavy atom. The van der Waals surface area contributed by atoms with Crippen LogP contribution >= 0.6 is 11.3 Å². The molecule has 2 aromatic carbocycles. The molecule has 1 fully saturated rings. The molecule has 0 aliphatic carbocycles. The Kier molecular flexibility index (Phi) is 5.00. The third kappa shape index (κ3) is 2.93. The summed E-state index contributed by atoms with van der Waals surface area (Å²) < 4.78 is 0. The van der Waals surface area contributed by atoms with Gasteiger partial charge in [0.1, 0.15) is 17.2 Å². The molecule has 186 valence electrons. The summed E-state index contributed by atoms with van der Waals surface area (Å²) in [7, 11) is 0. The van der Waals surface area contributed by atoms with Crippen LogP contribution in [0.3, 0.4) is 0 Å². The highest BCUT2D eigenvalue weighted by Crippen LogP contribution is 2.58. The summed E-state index contributed by atoms with van der Waals surface area (Å²) in [4.78, 5) is 50.2. The van der Waals surface area contributed by atoms with Gasteiger partial charge in [-0.25, -0.2) is 0 Å². The number of allylic oxidation sites excluding steroid dienone is 1. The average Bonchev–Trinajstić information content (AvgIpc) is 3.66. The zero-order valence-electron chi connectivity index (χ0n) is 20.5. The fraction of sp³-hybridized carbons (Fsp3) is 0.161. The van der Waals surface area contributed by atoms with Crippen LogP contribution in [0.15, 0.2) is 96.5 Å². The van der Waals surface area contributed by atoms with E-state index in [1.165, 1.54) is 11.3 Å². The predicted octanol–water partition coefficient (Wildman–Crippen LogP) is 5.39. The van der Waals surface area contributed by atoms with Gasteiger partial charge in [0.05, 0.1) is 16.8 Å². The number of anilines is 2. The Morgan fingerprint density at radius 3 is 2.53 bits per heavy atom. The lowest BCUT2D eigenvalue weighted by atomic mass is 9.64. The SMILES string of the molecule is CC1=C[C@H]2N(c3ccccc31)[C@H](C(=O)c1cccs1)[C@@H](C(=O)c1ccccn1)[C@]21C(=O)Nc2ccccc21. The molecule has 4 atom stereocenters. The summed E-state index contributed by atoms with van der Waals surface area (Å²) in [5.41, 5.74) is 3.17. The number of benzene rings is 2. The minimum Gasteiger partial charge on any atom is -0.352 e. The first-order valence-corrected chi connectivity index (χ1v) is 13.4. The summed E-state index contributed by atoms with van der Waals surface area (Å²) in [5.74, 6) is -1.76. The van der Waals surface area contributed by atoms with Crippen molar-refractivity contribution in [1.29, 1.82) is 0 Å². The summed E-state index contributed by atoms with van der Waals surface area (Å²) in [6.07, 6.45) is 3.63. The maximum atomic E-state index is 14.5. The number of aromatic nitrogens is 1. The number of carbonyl (C=O) groups is 3. The van der Waals surface area contributed by atoms with Crippen molar-refractivity contribution in [3.05, 3.63) is 118 Å². The number of hydrogen-bond donors (Lipinski definition) is 1. The van der Waals surface area contributed by atoms with Gasteiger partial charge >= 0.3 is 0 Å². The molecule has 1 amide bonds. The molecule has 0 bridgehead atoms. The second kappa shape index (κ2) is 8.33. The highest BCUT2D eigenvalue weighted by molar-refractivity contribution is 7.12. The highest BCUT2D eigenvalue weighted by Gasteiger charge is 2.70. The van der Waals surface area contributed by atoms with E-state index in [1.54, 1.807) is 30.5 Å². The van der Waals surface area contributed by atoms with Gasteiger partial charge < -0.3 is 10.2 Å². The van der Waals surface area contributed by atoms with Gasteiger partial charge in [-0.3, -0.25) is 19.4 Å². The van der Waals surface area contributed by atoms with Crippen molar-refractivity contribution in [3.63, 3.8) is 0 Å². The minimum absolute atomic E-state index is 0.170. The van der Waals surface area contributed by atoms with Crippen LogP contribution < -0.4 is 10.2 Å². The van der Waals surface area contributed by atoms with Crippen LogP contribution in [0.4, 0.5) is 11.4 Å². The molecule has 3 aliphatic rings. The third-order valence-corrected chi connectivity index (χ3v) is 9.00. The molecule has 1 saturated heterocycles. The van der Waals surface area contributed by atoms with Crippen LogP contribution in [0.25, 0.3) is 5.57 Å². The van der Waals surface area contributed by atoms with Gasteiger partial charge in [-0.1, -0.05) is 54.6 Å². The van der Waals surface area contributed by atoms with Gasteiger partial charge in [0, 0.05) is 23.1 Å². The van der Waals surface area contributed by atoms with E-state index in [2.05, 4.69) is 16.4 Å². The highest BCUT2D eigenvalue weighted by atomic mass is 32.1. The molecule has 38 heavy (non-hydrogen) atoms. The smallest absolute Gasteiger partial charge is 0.238 e. The maximum absolute atomic E-state index is 14.5. The van der Waals surface area contributed by atoms with E-state index >= 15 is 0 Å². The number of Topliss-reactive ketones (excluding diaryl/α,β-unsaturated/α-hetero) is 2. The van der Waals surface area contributed by atoms with E-state index in [-0.39, 0.29) is 23.2 Å². The molecular formula is C31H23N3O3S. The van der Waals surface area contributed by atoms with Crippen LogP contribution in [0, 0.1) is 5.92 Å². The lowest BCUT2D eigenvalue weighted by Gasteiger charge is -2.39. The number of ketones is 2. The van der Waals surface area contributed by atoms with E-state index in [1.807, 2.05) is 71.8 Å². The molecule has 3 aliphatic heterocycles. The van der Waals surface area contributed by atoms with Gasteiger partial charge in [0.15, 0.2) is 11.6 Å². The van der Waals surface area contributed by atoms with Crippen molar-refractivity contribution in [2.75, 3.05) is 10.2 Å². The van der Waals surface area contributed by atoms with Gasteiger partial charge in [0.2, 0.25) is 5.91 Å². The number of amides is 1. The Hall–Kier alpha value is -4.36. The number of nitrogens with zero attached hydrogens (tertiary/aromatic N) is 2. The molecule has 0 radical (unpaired) electrons. The van der Waals surface area contributed by atoms with Gasteiger partial charge in [0.25, 0.3) is 0 Å². The van der Waals surface area contributed by atoms with E-state index in [0.29, 0.717) is 10.6 Å². The monoisotopic (exact) mass is 517 g/mol. The molecule has 7 rings (SSSR count). The molecule has 4 aromatic rings. The van der Waals surface area contributed by atoms with Crippen molar-refractivity contribution in [2.45, 2.75) is 24.4 Å². The Morgan fingerprint density at radius 1 is 0.947 bits per heavy atom. The first-order chi connectivity index (χ1) is 18.5. The number of nitrogens with one attached hydrogen (secondary N) is 1. The molecule has 1 spiro atoms. The zero-order valence-corrected chi connectivity index (χ0v) is 21.3. The van der Waals surface area contributed by atoms with Crippen LogP contribution in [0.2, 0.25) is 0 Å². The number of rotatable bonds is 4. The third-order valence-electron chi connectivity index (χ3n) is 8.12. The molecular weight excluding hydrogens is 494 g/mol. The van der Waals surface area contributed by atoms with Gasteiger partial charge in [-0.2, -0.15) is 0 Å². The van der Waals surface area contributed by atoms with E-state index in [0.717, 1.165) is 22.4 Å². The van der Waals surface area contributed by atoms with E-state index < -0.39 is 23.4 Å². The Labute approximate surface area is 223 Å². The average molecular weight is 518 g/mol. The zero-order chi connectivity index (χ0) is 26.0. The van der Waals surface area contributed by atoms with E-state index in [9.17, 15) is 14.4 Å². The normalized spacial score (nSPS) is 24.9. The van der Waals surface area contributed by atoms with Crippen LogP contribution in [-0.4, -0.2) is 34.5 Å². The summed E-state index contributed by atoms with van der Waals surface area (Å²) >= 11 is 1.35. The standard InChI is InChI=1S/C31H23N3O3S/c1-18-17-25-31(20-10-3-4-11-21(20)33-30(31)37)26(28(35)22-12-6-7-15-32-22)27(29(36)24-14-8-16-38-24)34(25)23-13-5-2-9-19(18)23/h2-17,25-27H,1H3,(H,33,37)/t25-,26+,27+,31-/m1/s1. The molecule has 5 heterocycles. The molecule has 1 N–H and O–H groups in total. The summed E-state index contributed by atoms with van der Waals surface area (Å²) in [6, 6.07) is 22.8. The maximum Gasteiger partial charge on any atom is 0.238 e. The van der Waals surface area contributed by atoms with Crippen molar-refractivity contribution >= 4 is 45.8 Å². The topological polar surface area (TPSA) is 79.4 Å². The number of carbonyl (C=O) groups excluding carboxylic acids is 3. The van der Waals surface area contributed by atoms with Crippen molar-refractivity contribution < 1.29 is 14.4 Å². The van der Waals surface area contributed by atoms with Gasteiger partial charge in [-0.15, -0.1) is 11.3 Å². The van der Waals surface area contributed by atoms with Crippen molar-refractivity contribution in [2.24, 2.45) is 5.92 Å². The fourth-order valence-electron chi connectivity index (χ4n) is 6.62. The number of thiophene rings is 1. The molecule has 6 nitrogen and oxygen atoms in total. The van der Waals surface area contributed by atoms with Crippen LogP contribution in [0.5, 0.6) is 0 Å². The molecule has 0 unspecified atom stereocenters. The second-order valence-corrected chi connectivity index (χ2v) is 10.9. The second-order valence-electron chi connectivity index (χ2n) is 9.93. The predicted molar refractivity (Wildman–Crippen MR) is 148 cm³/mol. The Balaban J connectivity index is 1.57. The van der Waals surface area contributed by atoms with Crippen molar-refractivity contribution in [1.82, 2.24) is 4.98 Å². The first kappa shape index (κ1) is 22.8. The lowest BCUT2D eigenvalue weighted by molar-refractivity contribution is -0.121. The summed E-state index contributed by atoms with van der Waals surface area (Å²) in [6.45, 7) is 2.02. The fourth-order valence-corrected chi connectivity index (χ4v) is 7.32. The number of hydrogen-bond acceptors (Lipinski definition) is 6. The first-order valence-electron chi connectivity index (χ1n) is 12.5. The van der Waals surface area contributed by atoms with Crippen LogP contribution in [0.1, 0.15) is 38.2 Å². The number of fused-ring (bicyclic) bond motifs is 6. The largest absolute Gasteiger partial charge is 0.352 e. The minimum atomic E-state index is -1.32. The molecule has 0 saturated carbocycles. The molecule has 7 heteroatoms. The summed E-state index contributed by atoms with van der Waals surface area (Å²) in [5, 5.41) is 4.91. The van der Waals surface area contributed by atoms with Gasteiger partial charge in [-0.05, 0) is 53.8 Å². The number of pyridine rings is 1.